The van der Waals surface area contributed by atoms with Crippen molar-refractivity contribution in [3.63, 3.8) is 0 Å². The van der Waals surface area contributed by atoms with E-state index in [-0.39, 0.29) is 7.97 Å². The average Bonchev–Trinajstić information content (AvgIpc) is 3.17. The Morgan fingerprint density at radius 1 is 1.33 bits per heavy atom. The molecule has 1 aliphatic carbocycles. The second-order valence-electron chi connectivity index (χ2n) is 6.39. The molecular formula is C17H19FN6. The number of aromatic nitrogens is 5. The van der Waals surface area contributed by atoms with Crippen LogP contribution in [0.2, 0.25) is 0 Å². The van der Waals surface area contributed by atoms with Gasteiger partial charge in [-0.1, -0.05) is 6.08 Å². The molecule has 1 N–H and O–H groups in total. The molecule has 0 aliphatic heterocycles. The quantitative estimate of drug-likeness (QED) is 0.798. The molecule has 3 aromatic heterocycles. The molecule has 0 radical (unpaired) electrons. The van der Waals surface area contributed by atoms with E-state index in [0.29, 0.717) is 12.4 Å². The highest BCUT2D eigenvalue weighted by molar-refractivity contribution is 5.82. The van der Waals surface area contributed by atoms with Crippen molar-refractivity contribution < 1.29 is 5.82 Å². The van der Waals surface area contributed by atoms with Gasteiger partial charge in [0.2, 0.25) is 5.95 Å². The predicted molar refractivity (Wildman–Crippen MR) is 91.6 cm³/mol. The number of allylic oxidation sites excluding steroid dienone is 1. The van der Waals surface area contributed by atoms with Gasteiger partial charge in [-0.2, -0.15) is 5.10 Å². The number of nitrogens with one attached hydrogen (secondary N) is 1. The van der Waals surface area contributed by atoms with Crippen LogP contribution in [0.4, 0.5) is 10.3 Å². The van der Waals surface area contributed by atoms with Crippen molar-refractivity contribution >= 4 is 17.2 Å². The molecule has 0 amide bonds. The molecule has 4 rings (SSSR count). The Labute approximate surface area is 140 Å². The van der Waals surface area contributed by atoms with Crippen molar-refractivity contribution in [3.8, 4) is 0 Å². The molecule has 0 fully saturated rings. The Bertz CT molecular complexity index is 944. The van der Waals surface area contributed by atoms with Crippen LogP contribution < -0.4 is 5.32 Å². The van der Waals surface area contributed by atoms with Crippen LogP contribution in [0.15, 0.2) is 36.8 Å². The monoisotopic (exact) mass is 326 g/mol. The minimum Gasteiger partial charge on any atom is -0.351 e. The molecule has 3 aromatic rings. The summed E-state index contributed by atoms with van der Waals surface area (Å²) < 4.78 is 15.3. The maximum Gasteiger partial charge on any atom is 0.223 e. The summed E-state index contributed by atoms with van der Waals surface area (Å²) in [5.74, 6) is 0.452. The van der Waals surface area contributed by atoms with Crippen molar-refractivity contribution in [2.75, 3.05) is 11.9 Å². The fraction of sp³-hybridized carbons (Fsp3) is 0.294. The first kappa shape index (κ1) is 14.7. The summed E-state index contributed by atoms with van der Waals surface area (Å²) in [6, 6.07) is 3.79. The van der Waals surface area contributed by atoms with Gasteiger partial charge < -0.3 is 5.32 Å². The summed E-state index contributed by atoms with van der Waals surface area (Å²) in [5.41, 5.74) is 3.27. The molecule has 0 spiro atoms. The van der Waals surface area contributed by atoms with Gasteiger partial charge in [0.15, 0.2) is 5.65 Å². The Kier molecular flexibility index (Phi) is 3.30. The molecule has 0 aromatic carbocycles. The van der Waals surface area contributed by atoms with E-state index in [4.69, 9.17) is 0 Å². The summed E-state index contributed by atoms with van der Waals surface area (Å²) in [6.07, 6.45) is 8.19. The largest absolute Gasteiger partial charge is 0.351 e. The van der Waals surface area contributed by atoms with E-state index in [1.807, 2.05) is 18.3 Å². The zero-order valence-corrected chi connectivity index (χ0v) is 13.5. The van der Waals surface area contributed by atoms with Gasteiger partial charge in [0.1, 0.15) is 5.67 Å². The van der Waals surface area contributed by atoms with E-state index in [9.17, 15) is 4.39 Å². The van der Waals surface area contributed by atoms with Gasteiger partial charge in [0.25, 0.3) is 0 Å². The second-order valence-corrected chi connectivity index (χ2v) is 6.39. The van der Waals surface area contributed by atoms with Gasteiger partial charge in [-0.3, -0.25) is 0 Å². The van der Waals surface area contributed by atoms with Crippen LogP contribution in [0.3, 0.4) is 0 Å². The van der Waals surface area contributed by atoms with Gasteiger partial charge in [-0.15, -0.1) is 0 Å². The normalized spacial score (nSPS) is 13.9. The van der Waals surface area contributed by atoms with Crippen LogP contribution in [-0.2, 0) is 6.42 Å². The average molecular weight is 326 g/mol. The maximum absolute atomic E-state index is 13.6. The third-order valence-electron chi connectivity index (χ3n) is 3.86. The summed E-state index contributed by atoms with van der Waals surface area (Å²) in [6.45, 7) is 3.21. The molecule has 24 heavy (non-hydrogen) atoms. The van der Waals surface area contributed by atoms with E-state index in [2.05, 4.69) is 31.4 Å². The molecule has 124 valence electrons. The molecule has 0 saturated carbocycles. The van der Waals surface area contributed by atoms with Gasteiger partial charge >= 0.3 is 0 Å². The minimum absolute atomic E-state index is 0. The number of hydrogen-bond donors (Lipinski definition) is 1. The minimum atomic E-state index is -1.31. The summed E-state index contributed by atoms with van der Waals surface area (Å²) in [5, 5.41) is 7.10. The topological polar surface area (TPSA) is 68.0 Å². The first-order valence-electron chi connectivity index (χ1n) is 7.80. The molecule has 1 aliphatic rings. The second kappa shape index (κ2) is 5.36. The lowest BCUT2D eigenvalue weighted by molar-refractivity contribution is 0.234. The highest BCUT2D eigenvalue weighted by Gasteiger charge is 2.21. The van der Waals surface area contributed by atoms with Gasteiger partial charge in [0, 0.05) is 37.4 Å². The smallest absolute Gasteiger partial charge is 0.223 e. The lowest BCUT2D eigenvalue weighted by Gasteiger charge is -2.15. The number of nitrogens with zero attached hydrogens (tertiary/aromatic N) is 5. The molecule has 0 unspecified atom stereocenters. The Morgan fingerprint density at radius 3 is 3.04 bits per heavy atom. The number of rotatable bonds is 4. The van der Waals surface area contributed by atoms with Crippen LogP contribution in [0.25, 0.3) is 11.2 Å². The molecule has 0 saturated heterocycles. The predicted octanol–water partition coefficient (Wildman–Crippen LogP) is 2.91. The van der Waals surface area contributed by atoms with Crippen molar-refractivity contribution in [2.45, 2.75) is 25.9 Å². The maximum atomic E-state index is 13.6. The molecule has 6 nitrogen and oxygen atoms in total. The van der Waals surface area contributed by atoms with Gasteiger partial charge in [0.05, 0.1) is 24.1 Å². The summed E-state index contributed by atoms with van der Waals surface area (Å²) in [7, 11) is 0. The number of halogens is 1. The van der Waals surface area contributed by atoms with Crippen molar-refractivity contribution in [1.82, 2.24) is 24.6 Å². The Morgan fingerprint density at radius 2 is 2.21 bits per heavy atom. The van der Waals surface area contributed by atoms with Crippen LogP contribution >= 0.6 is 0 Å². The summed E-state index contributed by atoms with van der Waals surface area (Å²) >= 11 is 0. The molecule has 0 bridgehead atoms. The third-order valence-corrected chi connectivity index (χ3v) is 3.86. The Balaban J connectivity index is 0.00000182. The highest BCUT2D eigenvalue weighted by Crippen LogP contribution is 2.30. The molecule has 7 heteroatoms. The van der Waals surface area contributed by atoms with E-state index < -0.39 is 5.67 Å². The van der Waals surface area contributed by atoms with E-state index >= 15 is 0 Å². The first-order chi connectivity index (χ1) is 11.5. The standard InChI is InChI=1S/C17H17FN6.H2/c1-17(2,18)10-20-16-19-9-12-11(3-4-13(12)23-16)14-6-8-24-15(22-14)5-7-21-24;/h3,5-9H,4,10H2,1-2H3,(H,19,20,23);1H. The lowest BCUT2D eigenvalue weighted by atomic mass is 10.1. The van der Waals surface area contributed by atoms with Crippen LogP contribution in [0, 0.1) is 0 Å². The van der Waals surface area contributed by atoms with E-state index in [1.54, 1.807) is 16.9 Å². The highest BCUT2D eigenvalue weighted by atomic mass is 19.1. The number of fused-ring (bicyclic) bond motifs is 2. The Hall–Kier alpha value is -2.83. The van der Waals surface area contributed by atoms with E-state index in [0.717, 1.165) is 28.2 Å². The molecule has 3 heterocycles. The first-order valence-corrected chi connectivity index (χ1v) is 7.80. The SMILES string of the molecule is CC(C)(F)CNc1ncc2c(n1)CC=C2c1ccn2nccc2n1.[HH]. The van der Waals surface area contributed by atoms with Crippen molar-refractivity contribution in [3.05, 3.63) is 53.8 Å². The van der Waals surface area contributed by atoms with Crippen molar-refractivity contribution in [2.24, 2.45) is 0 Å². The van der Waals surface area contributed by atoms with E-state index in [1.165, 1.54) is 13.8 Å². The molecule has 0 atom stereocenters. The van der Waals surface area contributed by atoms with Gasteiger partial charge in [-0.05, 0) is 19.9 Å². The number of alkyl halides is 1. The third kappa shape index (κ3) is 2.73. The van der Waals surface area contributed by atoms with Crippen LogP contribution in [-0.4, -0.2) is 36.8 Å². The zero-order valence-electron chi connectivity index (χ0n) is 13.5. The summed E-state index contributed by atoms with van der Waals surface area (Å²) in [4.78, 5) is 13.4. The van der Waals surface area contributed by atoms with Crippen molar-refractivity contribution in [1.29, 1.82) is 0 Å². The fourth-order valence-electron chi connectivity index (χ4n) is 2.69. The lowest BCUT2D eigenvalue weighted by Crippen LogP contribution is -2.25. The zero-order chi connectivity index (χ0) is 16.7. The fourth-order valence-corrected chi connectivity index (χ4v) is 2.69. The van der Waals surface area contributed by atoms with Gasteiger partial charge in [-0.25, -0.2) is 23.9 Å². The van der Waals surface area contributed by atoms with Crippen LogP contribution in [0.5, 0.6) is 0 Å². The van der Waals surface area contributed by atoms with Crippen LogP contribution in [0.1, 0.15) is 32.2 Å². The molecular weight excluding hydrogens is 307 g/mol. The number of hydrogen-bond acceptors (Lipinski definition) is 5. The number of anilines is 1.